The van der Waals surface area contributed by atoms with Crippen molar-refractivity contribution in [3.8, 4) is 6.07 Å². The lowest BCUT2D eigenvalue weighted by Crippen LogP contribution is -2.36. The molecule has 122 valence electrons. The third kappa shape index (κ3) is 2.40. The minimum atomic E-state index is -4.04. The quantitative estimate of drug-likeness (QED) is 0.835. The zero-order chi connectivity index (χ0) is 17.5. The molecule has 10 heteroatoms. The summed E-state index contributed by atoms with van der Waals surface area (Å²) in [6, 6.07) is 7.84. The van der Waals surface area contributed by atoms with Gasteiger partial charge in [0, 0.05) is 13.2 Å². The van der Waals surface area contributed by atoms with Gasteiger partial charge in [-0.15, -0.1) is 11.3 Å². The number of amides is 1. The molecular formula is C14H10N4O4S2. The molecule has 1 aliphatic rings. The highest BCUT2D eigenvalue weighted by Gasteiger charge is 2.39. The van der Waals surface area contributed by atoms with Crippen LogP contribution in [0.15, 0.2) is 41.1 Å². The van der Waals surface area contributed by atoms with Crippen LogP contribution in [0.3, 0.4) is 0 Å². The van der Waals surface area contributed by atoms with Crippen LogP contribution in [0.25, 0.3) is 5.76 Å². The van der Waals surface area contributed by atoms with E-state index < -0.39 is 27.4 Å². The molecule has 2 aromatic rings. The molecule has 3 heterocycles. The van der Waals surface area contributed by atoms with Gasteiger partial charge in [0.25, 0.3) is 15.9 Å². The number of aromatic nitrogens is 1. The lowest BCUT2D eigenvalue weighted by Gasteiger charge is -2.26. The van der Waals surface area contributed by atoms with E-state index in [0.29, 0.717) is 4.31 Å². The molecule has 1 amide bonds. The number of hydrogen-bond donors (Lipinski definition) is 2. The third-order valence-electron chi connectivity index (χ3n) is 3.32. The summed E-state index contributed by atoms with van der Waals surface area (Å²) in [5.74, 6) is -1.11. The molecule has 1 aliphatic heterocycles. The summed E-state index contributed by atoms with van der Waals surface area (Å²) in [5.41, 5.74) is -0.431. The number of hydrogen-bond acceptors (Lipinski definition) is 7. The van der Waals surface area contributed by atoms with Gasteiger partial charge in [-0.3, -0.25) is 9.10 Å². The lowest BCUT2D eigenvalue weighted by atomic mass is 10.2. The Hall–Kier alpha value is -2.90. The molecule has 24 heavy (non-hydrogen) atoms. The molecule has 0 saturated heterocycles. The highest BCUT2D eigenvalue weighted by Crippen LogP contribution is 2.39. The Labute approximate surface area is 141 Å². The van der Waals surface area contributed by atoms with Crippen LogP contribution in [0.1, 0.15) is 9.75 Å². The summed E-state index contributed by atoms with van der Waals surface area (Å²) in [5, 5.41) is 21.7. The number of aliphatic hydroxyl groups is 1. The number of thiophene rings is 1. The molecule has 8 nitrogen and oxygen atoms in total. The van der Waals surface area contributed by atoms with Gasteiger partial charge < -0.3 is 10.4 Å². The maximum atomic E-state index is 12.5. The van der Waals surface area contributed by atoms with E-state index in [1.54, 1.807) is 12.1 Å². The SMILES string of the molecule is CN1C(C(=O)Nc2ccccn2)=C(O)c2sc(C#N)cc2S1(=O)=O. The van der Waals surface area contributed by atoms with Crippen molar-refractivity contribution in [3.63, 3.8) is 0 Å². The fourth-order valence-corrected chi connectivity index (χ4v) is 4.79. The van der Waals surface area contributed by atoms with Gasteiger partial charge in [-0.2, -0.15) is 5.26 Å². The summed E-state index contributed by atoms with van der Waals surface area (Å²) in [6.07, 6.45) is 1.46. The van der Waals surface area contributed by atoms with E-state index in [4.69, 9.17) is 5.26 Å². The van der Waals surface area contributed by atoms with E-state index >= 15 is 0 Å². The van der Waals surface area contributed by atoms with Crippen LogP contribution in [-0.4, -0.2) is 35.8 Å². The average molecular weight is 362 g/mol. The number of pyridine rings is 1. The van der Waals surface area contributed by atoms with Crippen molar-refractivity contribution in [1.82, 2.24) is 9.29 Å². The van der Waals surface area contributed by atoms with Gasteiger partial charge in [0.05, 0.1) is 4.88 Å². The molecule has 0 aliphatic carbocycles. The minimum absolute atomic E-state index is 0.0316. The first-order chi connectivity index (χ1) is 11.4. The summed E-state index contributed by atoms with van der Waals surface area (Å²) >= 11 is 0.805. The number of nitrogens with one attached hydrogen (secondary N) is 1. The number of carbonyl (C=O) groups is 1. The molecule has 3 rings (SSSR count). The lowest BCUT2D eigenvalue weighted by molar-refractivity contribution is -0.113. The van der Waals surface area contributed by atoms with Crippen molar-refractivity contribution in [2.45, 2.75) is 4.90 Å². The van der Waals surface area contributed by atoms with Crippen LogP contribution in [0.5, 0.6) is 0 Å². The zero-order valence-electron chi connectivity index (χ0n) is 12.2. The highest BCUT2D eigenvalue weighted by molar-refractivity contribution is 7.89. The number of nitrogens with zero attached hydrogens (tertiary/aromatic N) is 3. The average Bonchev–Trinajstić information content (AvgIpc) is 3.00. The van der Waals surface area contributed by atoms with Crippen molar-refractivity contribution in [2.24, 2.45) is 0 Å². The first-order valence-electron chi connectivity index (χ1n) is 6.55. The molecule has 0 unspecified atom stereocenters. The van der Waals surface area contributed by atoms with Crippen molar-refractivity contribution in [2.75, 3.05) is 12.4 Å². The first kappa shape index (κ1) is 16.0. The van der Waals surface area contributed by atoms with Gasteiger partial charge >= 0.3 is 0 Å². The number of anilines is 1. The summed E-state index contributed by atoms with van der Waals surface area (Å²) < 4.78 is 25.7. The molecule has 0 bridgehead atoms. The number of likely N-dealkylation sites (N-methyl/N-ethyl adjacent to an activating group) is 1. The van der Waals surface area contributed by atoms with Crippen LogP contribution in [0.2, 0.25) is 0 Å². The van der Waals surface area contributed by atoms with E-state index in [0.717, 1.165) is 18.4 Å². The largest absolute Gasteiger partial charge is 0.504 e. The number of aliphatic hydroxyl groups excluding tert-OH is 1. The third-order valence-corrected chi connectivity index (χ3v) is 6.28. The molecule has 0 spiro atoms. The van der Waals surface area contributed by atoms with Crippen LogP contribution in [-0.2, 0) is 14.8 Å². The fourth-order valence-electron chi connectivity index (χ4n) is 2.17. The van der Waals surface area contributed by atoms with E-state index in [9.17, 15) is 18.3 Å². The van der Waals surface area contributed by atoms with Gasteiger partial charge in [-0.1, -0.05) is 6.07 Å². The van der Waals surface area contributed by atoms with Gasteiger partial charge in [-0.25, -0.2) is 13.4 Å². The molecule has 0 atom stereocenters. The van der Waals surface area contributed by atoms with Crippen molar-refractivity contribution < 1.29 is 18.3 Å². The molecule has 0 radical (unpaired) electrons. The molecule has 2 aromatic heterocycles. The number of carbonyl (C=O) groups excluding carboxylic acids is 1. The van der Waals surface area contributed by atoms with E-state index in [-0.39, 0.29) is 20.5 Å². The first-order valence-corrected chi connectivity index (χ1v) is 8.80. The number of nitriles is 1. The second-order valence-electron chi connectivity index (χ2n) is 4.75. The molecule has 0 saturated carbocycles. The van der Waals surface area contributed by atoms with Crippen LogP contribution in [0.4, 0.5) is 5.82 Å². The second-order valence-corrected chi connectivity index (χ2v) is 7.74. The number of rotatable bonds is 2. The second kappa shape index (κ2) is 5.63. The van der Waals surface area contributed by atoms with Crippen LogP contribution < -0.4 is 5.32 Å². The monoisotopic (exact) mass is 362 g/mol. The molecule has 0 fully saturated rings. The van der Waals surface area contributed by atoms with Gasteiger partial charge in [0.1, 0.15) is 21.7 Å². The van der Waals surface area contributed by atoms with E-state index in [2.05, 4.69) is 10.3 Å². The van der Waals surface area contributed by atoms with Crippen molar-refractivity contribution >= 4 is 38.8 Å². The topological polar surface area (TPSA) is 123 Å². The maximum absolute atomic E-state index is 12.5. The Balaban J connectivity index is 2.11. The van der Waals surface area contributed by atoms with Gasteiger partial charge in [-0.05, 0) is 18.2 Å². The minimum Gasteiger partial charge on any atom is -0.504 e. The smallest absolute Gasteiger partial charge is 0.278 e. The Morgan fingerprint density at radius 1 is 1.46 bits per heavy atom. The highest BCUT2D eigenvalue weighted by atomic mass is 32.2. The number of fused-ring (bicyclic) bond motifs is 1. The van der Waals surface area contributed by atoms with Crippen LogP contribution >= 0.6 is 11.3 Å². The predicted octanol–water partition coefficient (Wildman–Crippen LogP) is 1.51. The van der Waals surface area contributed by atoms with Crippen LogP contribution in [0, 0.1) is 11.3 Å². The number of sulfonamides is 1. The standard InChI is InChI=1S/C14H10N4O4S2/c1-18-11(14(20)17-10-4-2-3-5-16-10)12(19)13-9(24(18,21)22)6-8(7-15)23-13/h2-6,19H,1H3,(H,16,17,20). The summed E-state index contributed by atoms with van der Waals surface area (Å²) in [6.45, 7) is 0. The Morgan fingerprint density at radius 2 is 2.21 bits per heavy atom. The van der Waals surface area contributed by atoms with E-state index in [1.807, 2.05) is 6.07 Å². The van der Waals surface area contributed by atoms with E-state index in [1.165, 1.54) is 18.3 Å². The summed E-state index contributed by atoms with van der Waals surface area (Å²) in [7, 11) is -2.88. The van der Waals surface area contributed by atoms with Crippen molar-refractivity contribution in [3.05, 3.63) is 45.9 Å². The Kier molecular flexibility index (Phi) is 3.75. The van der Waals surface area contributed by atoms with Crippen molar-refractivity contribution in [1.29, 1.82) is 5.26 Å². The maximum Gasteiger partial charge on any atom is 0.278 e. The Bertz CT molecular complexity index is 1000. The Morgan fingerprint density at radius 3 is 2.83 bits per heavy atom. The van der Waals surface area contributed by atoms with Gasteiger partial charge in [0.15, 0.2) is 11.5 Å². The molecule has 2 N–H and O–H groups in total. The predicted molar refractivity (Wildman–Crippen MR) is 86.4 cm³/mol. The van der Waals surface area contributed by atoms with Gasteiger partial charge in [0.2, 0.25) is 0 Å². The molecular weight excluding hydrogens is 352 g/mol. The normalized spacial score (nSPS) is 15.6. The molecule has 0 aromatic carbocycles. The zero-order valence-corrected chi connectivity index (χ0v) is 13.8. The summed E-state index contributed by atoms with van der Waals surface area (Å²) in [4.78, 5) is 16.2. The fraction of sp³-hybridized carbons (Fsp3) is 0.0714.